The highest BCUT2D eigenvalue weighted by Crippen LogP contribution is 2.06. The van der Waals surface area contributed by atoms with E-state index in [-0.39, 0.29) is 11.9 Å². The van der Waals surface area contributed by atoms with E-state index in [4.69, 9.17) is 4.74 Å². The van der Waals surface area contributed by atoms with Crippen molar-refractivity contribution in [2.45, 2.75) is 12.5 Å². The van der Waals surface area contributed by atoms with Crippen LogP contribution in [0.2, 0.25) is 0 Å². The molecule has 1 aromatic rings. The molecule has 2 heterocycles. The summed E-state index contributed by atoms with van der Waals surface area (Å²) in [6, 6.07) is 0.148. The van der Waals surface area contributed by atoms with Crippen molar-refractivity contribution >= 4 is 17.4 Å². The molecule has 1 aliphatic heterocycles. The number of ether oxygens (including phenoxy) is 1. The van der Waals surface area contributed by atoms with E-state index in [1.54, 1.807) is 0 Å². The van der Waals surface area contributed by atoms with Crippen LogP contribution in [0.4, 0.5) is 0 Å². The van der Waals surface area contributed by atoms with Crippen LogP contribution in [0.25, 0.3) is 0 Å². The maximum atomic E-state index is 11.4. The van der Waals surface area contributed by atoms with Crippen molar-refractivity contribution in [1.82, 2.24) is 14.9 Å². The van der Waals surface area contributed by atoms with Gasteiger partial charge in [0.15, 0.2) is 0 Å². The number of amides is 1. The maximum absolute atomic E-state index is 11.4. The minimum atomic E-state index is -0.106. The Morgan fingerprint density at radius 1 is 1.77 bits per heavy atom. The van der Waals surface area contributed by atoms with Gasteiger partial charge in [-0.2, -0.15) is 0 Å². The van der Waals surface area contributed by atoms with E-state index >= 15 is 0 Å². The Labute approximate surface area is 79.3 Å². The fourth-order valence-electron chi connectivity index (χ4n) is 1.17. The van der Waals surface area contributed by atoms with Crippen molar-refractivity contribution < 1.29 is 9.53 Å². The minimum absolute atomic E-state index is 0.106. The third-order valence-electron chi connectivity index (χ3n) is 1.85. The van der Waals surface area contributed by atoms with Gasteiger partial charge in [0.1, 0.15) is 4.88 Å². The molecule has 1 N–H and O–H groups in total. The summed E-state index contributed by atoms with van der Waals surface area (Å²) in [5.41, 5.74) is 0. The van der Waals surface area contributed by atoms with Crippen molar-refractivity contribution in [3.05, 3.63) is 11.1 Å². The highest BCUT2D eigenvalue weighted by molar-refractivity contribution is 7.07. The monoisotopic (exact) mass is 199 g/mol. The standard InChI is InChI=1S/C7H9N3O2S/c11-7(6-3-8-10-13-6)9-5-1-2-12-4-5/h3,5H,1-2,4H2,(H,9,11). The van der Waals surface area contributed by atoms with Gasteiger partial charge in [0, 0.05) is 6.61 Å². The quantitative estimate of drug-likeness (QED) is 0.731. The molecule has 1 unspecified atom stereocenters. The predicted octanol–water partition coefficient (Wildman–Crippen LogP) is 0.0568. The van der Waals surface area contributed by atoms with Gasteiger partial charge in [0.25, 0.3) is 5.91 Å². The summed E-state index contributed by atoms with van der Waals surface area (Å²) >= 11 is 1.10. The van der Waals surface area contributed by atoms with E-state index in [1.807, 2.05) is 0 Å². The van der Waals surface area contributed by atoms with Gasteiger partial charge in [-0.05, 0) is 18.0 Å². The van der Waals surface area contributed by atoms with Gasteiger partial charge in [0.05, 0.1) is 18.8 Å². The molecule has 0 aliphatic carbocycles. The lowest BCUT2D eigenvalue weighted by molar-refractivity contribution is 0.0934. The average molecular weight is 199 g/mol. The number of carbonyl (C=O) groups excluding carboxylic acids is 1. The largest absolute Gasteiger partial charge is 0.379 e. The summed E-state index contributed by atoms with van der Waals surface area (Å²) in [6.45, 7) is 1.34. The van der Waals surface area contributed by atoms with Gasteiger partial charge in [-0.1, -0.05) is 4.49 Å². The number of rotatable bonds is 2. The molecule has 13 heavy (non-hydrogen) atoms. The van der Waals surface area contributed by atoms with Crippen LogP contribution in [0.3, 0.4) is 0 Å². The Morgan fingerprint density at radius 3 is 3.31 bits per heavy atom. The van der Waals surface area contributed by atoms with Crippen LogP contribution in [-0.2, 0) is 4.74 Å². The molecule has 1 aromatic heterocycles. The molecule has 0 aromatic carbocycles. The lowest BCUT2D eigenvalue weighted by Crippen LogP contribution is -2.34. The van der Waals surface area contributed by atoms with E-state index in [0.29, 0.717) is 11.5 Å². The van der Waals surface area contributed by atoms with E-state index < -0.39 is 0 Å². The molecule has 5 nitrogen and oxygen atoms in total. The van der Waals surface area contributed by atoms with Crippen molar-refractivity contribution in [3.8, 4) is 0 Å². The van der Waals surface area contributed by atoms with Crippen molar-refractivity contribution in [2.75, 3.05) is 13.2 Å². The first kappa shape index (κ1) is 8.58. The molecule has 0 bridgehead atoms. The number of nitrogens with one attached hydrogen (secondary N) is 1. The van der Waals surface area contributed by atoms with Crippen LogP contribution in [0.5, 0.6) is 0 Å². The molecule has 0 spiro atoms. The highest BCUT2D eigenvalue weighted by Gasteiger charge is 2.19. The molecular weight excluding hydrogens is 190 g/mol. The molecule has 0 radical (unpaired) electrons. The lowest BCUT2D eigenvalue weighted by atomic mass is 10.2. The molecule has 2 rings (SSSR count). The summed E-state index contributed by atoms with van der Waals surface area (Å²) in [5.74, 6) is -0.106. The summed E-state index contributed by atoms with van der Waals surface area (Å²) in [7, 11) is 0. The maximum Gasteiger partial charge on any atom is 0.264 e. The highest BCUT2D eigenvalue weighted by atomic mass is 32.1. The topological polar surface area (TPSA) is 64.1 Å². The van der Waals surface area contributed by atoms with E-state index in [1.165, 1.54) is 6.20 Å². The molecular formula is C7H9N3O2S. The van der Waals surface area contributed by atoms with Crippen LogP contribution in [0, 0.1) is 0 Å². The summed E-state index contributed by atoms with van der Waals surface area (Å²) in [6.07, 6.45) is 2.35. The third-order valence-corrected chi connectivity index (χ3v) is 2.51. The fourth-order valence-corrected chi connectivity index (χ4v) is 1.59. The van der Waals surface area contributed by atoms with Gasteiger partial charge < -0.3 is 10.1 Å². The van der Waals surface area contributed by atoms with Crippen molar-refractivity contribution in [3.63, 3.8) is 0 Å². The second-order valence-corrected chi connectivity index (χ2v) is 3.60. The second kappa shape index (κ2) is 3.80. The van der Waals surface area contributed by atoms with Gasteiger partial charge in [-0.15, -0.1) is 5.10 Å². The predicted molar refractivity (Wildman–Crippen MR) is 46.6 cm³/mol. The first-order valence-electron chi connectivity index (χ1n) is 4.02. The van der Waals surface area contributed by atoms with E-state index in [0.717, 1.165) is 24.6 Å². The molecule has 70 valence electrons. The van der Waals surface area contributed by atoms with E-state index in [9.17, 15) is 4.79 Å². The zero-order valence-electron chi connectivity index (χ0n) is 6.90. The normalized spacial score (nSPS) is 21.7. The van der Waals surface area contributed by atoms with Crippen LogP contribution in [-0.4, -0.2) is 34.7 Å². The first-order valence-corrected chi connectivity index (χ1v) is 4.79. The number of hydrogen-bond donors (Lipinski definition) is 1. The van der Waals surface area contributed by atoms with Gasteiger partial charge in [-0.25, -0.2) is 0 Å². The van der Waals surface area contributed by atoms with Crippen LogP contribution < -0.4 is 5.32 Å². The number of nitrogens with zero attached hydrogens (tertiary/aromatic N) is 2. The van der Waals surface area contributed by atoms with Crippen molar-refractivity contribution in [1.29, 1.82) is 0 Å². The van der Waals surface area contributed by atoms with Crippen LogP contribution in [0.15, 0.2) is 6.20 Å². The molecule has 1 atom stereocenters. The average Bonchev–Trinajstić information content (AvgIpc) is 2.74. The minimum Gasteiger partial charge on any atom is -0.379 e. The zero-order chi connectivity index (χ0) is 9.10. The number of hydrogen-bond acceptors (Lipinski definition) is 5. The van der Waals surface area contributed by atoms with Crippen LogP contribution in [0.1, 0.15) is 16.1 Å². The summed E-state index contributed by atoms with van der Waals surface area (Å²) in [4.78, 5) is 12.0. The molecule has 1 saturated heterocycles. The fraction of sp³-hybridized carbons (Fsp3) is 0.571. The van der Waals surface area contributed by atoms with Gasteiger partial charge in [-0.3, -0.25) is 4.79 Å². The number of carbonyl (C=O) groups is 1. The Balaban J connectivity index is 1.91. The molecule has 1 fully saturated rings. The molecule has 0 saturated carbocycles. The smallest absolute Gasteiger partial charge is 0.264 e. The van der Waals surface area contributed by atoms with Crippen molar-refractivity contribution in [2.24, 2.45) is 0 Å². The Kier molecular flexibility index (Phi) is 2.51. The molecule has 1 aliphatic rings. The van der Waals surface area contributed by atoms with Gasteiger partial charge in [0.2, 0.25) is 0 Å². The molecule has 6 heteroatoms. The Morgan fingerprint density at radius 2 is 2.69 bits per heavy atom. The van der Waals surface area contributed by atoms with E-state index in [2.05, 4.69) is 14.9 Å². The number of aromatic nitrogens is 2. The van der Waals surface area contributed by atoms with Gasteiger partial charge >= 0.3 is 0 Å². The lowest BCUT2D eigenvalue weighted by Gasteiger charge is -2.07. The summed E-state index contributed by atoms with van der Waals surface area (Å²) in [5, 5.41) is 6.44. The van der Waals surface area contributed by atoms with Crippen LogP contribution >= 0.6 is 11.5 Å². The summed E-state index contributed by atoms with van der Waals surface area (Å²) < 4.78 is 8.75. The Hall–Kier alpha value is -1.01. The SMILES string of the molecule is O=C(NC1CCOC1)c1cnns1. The molecule has 1 amide bonds. The first-order chi connectivity index (χ1) is 6.36. The third kappa shape index (κ3) is 2.02. The second-order valence-electron chi connectivity index (χ2n) is 2.82. The zero-order valence-corrected chi connectivity index (χ0v) is 7.71. The Bertz CT molecular complexity index is 282.